The van der Waals surface area contributed by atoms with Crippen molar-refractivity contribution in [3.05, 3.63) is 66.0 Å². The molecule has 2 aliphatic carbocycles. The van der Waals surface area contributed by atoms with E-state index in [0.717, 1.165) is 48.6 Å². The number of carbonyl (C=O) groups excluding carboxylic acids is 1. The van der Waals surface area contributed by atoms with Gasteiger partial charge in [-0.05, 0) is 93.5 Å². The van der Waals surface area contributed by atoms with E-state index in [1.165, 1.54) is 41.7 Å². The average molecular weight is 507 g/mol. The maximum Gasteiger partial charge on any atom is 0.408 e. The lowest BCUT2D eigenvalue weighted by Crippen LogP contribution is -2.41. The molecule has 5 heteroatoms. The van der Waals surface area contributed by atoms with Gasteiger partial charge in [0, 0.05) is 16.3 Å². The molecule has 36 heavy (non-hydrogen) atoms. The van der Waals surface area contributed by atoms with E-state index in [9.17, 15) is 4.79 Å². The molecule has 0 aliphatic heterocycles. The predicted molar refractivity (Wildman–Crippen MR) is 150 cm³/mol. The molecule has 2 aromatic rings. The second-order valence-electron chi connectivity index (χ2n) is 11.6. The van der Waals surface area contributed by atoms with Crippen molar-refractivity contribution >= 4 is 23.4 Å². The van der Waals surface area contributed by atoms with Crippen LogP contribution in [0.4, 0.5) is 4.79 Å². The average Bonchev–Trinajstić information content (AvgIpc) is 3.44. The number of carbonyl (C=O) groups is 1. The van der Waals surface area contributed by atoms with E-state index in [1.54, 1.807) is 0 Å². The highest BCUT2D eigenvalue weighted by Gasteiger charge is 2.46. The zero-order chi connectivity index (χ0) is 25.8. The first-order valence-corrected chi connectivity index (χ1v) is 14.5. The van der Waals surface area contributed by atoms with Crippen molar-refractivity contribution in [2.24, 2.45) is 5.41 Å². The molecule has 0 spiro atoms. The topological polar surface area (TPSA) is 51.2 Å². The second kappa shape index (κ2) is 11.4. The quantitative estimate of drug-likeness (QED) is 0.370. The van der Waals surface area contributed by atoms with Crippen molar-refractivity contribution in [1.29, 1.82) is 0 Å². The third-order valence-corrected chi connectivity index (χ3v) is 8.88. The van der Waals surface area contributed by atoms with Crippen LogP contribution < -0.4 is 5.32 Å². The number of thioether (sulfide) groups is 1. The molecular weight excluding hydrogens is 464 g/mol. The van der Waals surface area contributed by atoms with Gasteiger partial charge in [0.25, 0.3) is 0 Å². The maximum absolute atomic E-state index is 12.9. The van der Waals surface area contributed by atoms with E-state index in [-0.39, 0.29) is 17.6 Å². The van der Waals surface area contributed by atoms with Crippen LogP contribution in [0.25, 0.3) is 5.57 Å². The van der Waals surface area contributed by atoms with Gasteiger partial charge in [-0.3, -0.25) is 4.98 Å². The minimum absolute atomic E-state index is 0.0729. The standard InChI is InChI=1S/C31H42N2O2S/c1-6-18-31(19-17-22(2)27-16-15-25(21-32-27)36-24-12-8-9-13-24)20-23-11-7-10-14-26(23)28(31)33-29(34)35-30(3,4)5/h7,10-11,14-16,21,24,28H,2,6,8-9,12-13,17-20H2,1,3-5H3,(H,33,34)/t28-,31?/m1/s1. The van der Waals surface area contributed by atoms with Crippen LogP contribution in [0.3, 0.4) is 0 Å². The number of hydrogen-bond acceptors (Lipinski definition) is 4. The number of ether oxygens (including phenoxy) is 1. The number of rotatable bonds is 9. The van der Waals surface area contributed by atoms with Crippen molar-refractivity contribution in [3.8, 4) is 0 Å². The summed E-state index contributed by atoms with van der Waals surface area (Å²) in [5.41, 5.74) is 3.98. The summed E-state index contributed by atoms with van der Waals surface area (Å²) in [6.07, 6.45) is 11.8. The number of aromatic nitrogens is 1. The van der Waals surface area contributed by atoms with Gasteiger partial charge in [0.2, 0.25) is 0 Å². The number of fused-ring (bicyclic) bond motifs is 1. The van der Waals surface area contributed by atoms with Crippen molar-refractivity contribution in [2.45, 2.75) is 107 Å². The van der Waals surface area contributed by atoms with E-state index >= 15 is 0 Å². The Morgan fingerprint density at radius 1 is 1.17 bits per heavy atom. The number of pyridine rings is 1. The lowest BCUT2D eigenvalue weighted by atomic mass is 9.72. The molecule has 1 saturated carbocycles. The molecule has 1 aromatic carbocycles. The number of amides is 1. The smallest absolute Gasteiger partial charge is 0.408 e. The summed E-state index contributed by atoms with van der Waals surface area (Å²) in [6.45, 7) is 12.4. The molecule has 1 aromatic heterocycles. The van der Waals surface area contributed by atoms with Crippen LogP contribution in [0.2, 0.25) is 0 Å². The lowest BCUT2D eigenvalue weighted by Gasteiger charge is -2.37. The van der Waals surface area contributed by atoms with Gasteiger partial charge in [0.1, 0.15) is 5.60 Å². The maximum atomic E-state index is 12.9. The normalized spacial score (nSPS) is 21.8. The summed E-state index contributed by atoms with van der Waals surface area (Å²) in [5, 5.41) is 4.01. The molecule has 1 unspecified atom stereocenters. The molecule has 0 radical (unpaired) electrons. The highest BCUT2D eigenvalue weighted by atomic mass is 32.2. The first-order chi connectivity index (χ1) is 17.2. The Kier molecular flexibility index (Phi) is 8.49. The molecular formula is C31H42N2O2S. The number of allylic oxidation sites excluding steroid dienone is 1. The van der Waals surface area contributed by atoms with Crippen LogP contribution >= 0.6 is 11.8 Å². The summed E-state index contributed by atoms with van der Waals surface area (Å²) in [5.74, 6) is 0. The van der Waals surface area contributed by atoms with Crippen LogP contribution in [0.1, 0.15) is 102 Å². The zero-order valence-corrected chi connectivity index (χ0v) is 23.3. The predicted octanol–water partition coefficient (Wildman–Crippen LogP) is 8.52. The Morgan fingerprint density at radius 3 is 2.58 bits per heavy atom. The van der Waals surface area contributed by atoms with Gasteiger partial charge < -0.3 is 10.1 Å². The van der Waals surface area contributed by atoms with Crippen LogP contribution in [0.5, 0.6) is 0 Å². The van der Waals surface area contributed by atoms with E-state index in [1.807, 2.05) is 38.7 Å². The second-order valence-corrected chi connectivity index (χ2v) is 12.9. The highest BCUT2D eigenvalue weighted by molar-refractivity contribution is 8.00. The van der Waals surface area contributed by atoms with Gasteiger partial charge in [-0.2, -0.15) is 0 Å². The first-order valence-electron chi connectivity index (χ1n) is 13.6. The summed E-state index contributed by atoms with van der Waals surface area (Å²) < 4.78 is 5.66. The summed E-state index contributed by atoms with van der Waals surface area (Å²) in [6, 6.07) is 12.8. The van der Waals surface area contributed by atoms with E-state index in [4.69, 9.17) is 9.72 Å². The molecule has 194 valence electrons. The fourth-order valence-electron chi connectivity index (χ4n) is 5.92. The van der Waals surface area contributed by atoms with Gasteiger partial charge in [0.05, 0.1) is 11.7 Å². The summed E-state index contributed by atoms with van der Waals surface area (Å²) >= 11 is 1.97. The van der Waals surface area contributed by atoms with Gasteiger partial charge >= 0.3 is 6.09 Å². The summed E-state index contributed by atoms with van der Waals surface area (Å²) in [4.78, 5) is 18.9. The van der Waals surface area contributed by atoms with Crippen molar-refractivity contribution in [3.63, 3.8) is 0 Å². The van der Waals surface area contributed by atoms with Crippen LogP contribution in [-0.2, 0) is 11.2 Å². The minimum atomic E-state index is -0.530. The molecule has 1 heterocycles. The Labute approximate surface area is 221 Å². The molecule has 2 atom stereocenters. The minimum Gasteiger partial charge on any atom is -0.444 e. The third kappa shape index (κ3) is 6.53. The monoisotopic (exact) mass is 506 g/mol. The molecule has 4 nitrogen and oxygen atoms in total. The number of nitrogens with zero attached hydrogens (tertiary/aromatic N) is 1. The van der Waals surface area contributed by atoms with Gasteiger partial charge in [-0.15, -0.1) is 11.8 Å². The zero-order valence-electron chi connectivity index (χ0n) is 22.4. The Hall–Kier alpha value is -2.27. The molecule has 0 saturated heterocycles. The fraction of sp³-hybridized carbons (Fsp3) is 0.548. The van der Waals surface area contributed by atoms with Crippen LogP contribution in [0, 0.1) is 5.41 Å². The molecule has 1 fully saturated rings. The molecule has 0 bridgehead atoms. The Morgan fingerprint density at radius 2 is 1.92 bits per heavy atom. The number of benzene rings is 1. The van der Waals surface area contributed by atoms with Crippen molar-refractivity contribution < 1.29 is 9.53 Å². The number of alkyl carbamates (subject to hydrolysis) is 1. The van der Waals surface area contributed by atoms with E-state index in [0.29, 0.717) is 0 Å². The highest BCUT2D eigenvalue weighted by Crippen LogP contribution is 2.52. The fourth-order valence-corrected chi connectivity index (χ4v) is 7.13. The molecule has 2 aliphatic rings. The number of nitrogens with one attached hydrogen (secondary N) is 1. The van der Waals surface area contributed by atoms with Crippen LogP contribution in [-0.4, -0.2) is 21.9 Å². The summed E-state index contributed by atoms with van der Waals surface area (Å²) in [7, 11) is 0. The number of hydrogen-bond donors (Lipinski definition) is 1. The van der Waals surface area contributed by atoms with E-state index in [2.05, 4.69) is 55.2 Å². The first kappa shape index (κ1) is 26.8. The Balaban J connectivity index is 1.48. The van der Waals surface area contributed by atoms with Gasteiger partial charge in [0.15, 0.2) is 0 Å². The lowest BCUT2D eigenvalue weighted by molar-refractivity contribution is 0.0435. The van der Waals surface area contributed by atoms with Crippen LogP contribution in [0.15, 0.2) is 54.1 Å². The largest absolute Gasteiger partial charge is 0.444 e. The third-order valence-electron chi connectivity index (χ3n) is 7.56. The van der Waals surface area contributed by atoms with Gasteiger partial charge in [-0.25, -0.2) is 4.79 Å². The van der Waals surface area contributed by atoms with Gasteiger partial charge in [-0.1, -0.05) is 57.0 Å². The molecule has 4 rings (SSSR count). The molecule has 1 N–H and O–H groups in total. The molecule has 1 amide bonds. The Bertz CT molecular complexity index is 1050. The van der Waals surface area contributed by atoms with Crippen molar-refractivity contribution in [2.75, 3.05) is 0 Å². The van der Waals surface area contributed by atoms with Crippen molar-refractivity contribution in [1.82, 2.24) is 10.3 Å². The SMILES string of the molecule is C=C(CCC1(CCC)Cc2ccccc2[C@H]1NC(=O)OC(C)(C)C)c1ccc(SC2CCCC2)cn1. The van der Waals surface area contributed by atoms with E-state index < -0.39 is 5.60 Å².